The summed E-state index contributed by atoms with van der Waals surface area (Å²) in [6.45, 7) is 6.21. The van der Waals surface area contributed by atoms with Gasteiger partial charge in [0, 0.05) is 24.7 Å². The van der Waals surface area contributed by atoms with Gasteiger partial charge in [0.05, 0.1) is 24.2 Å². The molecule has 0 spiro atoms. The van der Waals surface area contributed by atoms with Gasteiger partial charge in [-0.1, -0.05) is 50.3 Å². The molecule has 0 saturated carbocycles. The van der Waals surface area contributed by atoms with Crippen LogP contribution in [0, 0.1) is 5.92 Å². The molecule has 2 heterocycles. The van der Waals surface area contributed by atoms with E-state index in [0.29, 0.717) is 49.0 Å². The van der Waals surface area contributed by atoms with Gasteiger partial charge in [0.15, 0.2) is 0 Å². The van der Waals surface area contributed by atoms with E-state index < -0.39 is 10.0 Å². The van der Waals surface area contributed by atoms with E-state index in [0.717, 1.165) is 12.0 Å². The number of benzene rings is 2. The second kappa shape index (κ2) is 8.08. The Hall–Kier alpha value is -2.15. The molecule has 1 fully saturated rings. The van der Waals surface area contributed by atoms with E-state index in [2.05, 4.69) is 49.5 Å². The number of rotatable bonds is 4. The third kappa shape index (κ3) is 3.71. The van der Waals surface area contributed by atoms with Gasteiger partial charge in [-0.2, -0.15) is 4.31 Å². The molecule has 6 heteroatoms. The number of nitrogens with zero attached hydrogens (tertiary/aromatic N) is 1. The summed E-state index contributed by atoms with van der Waals surface area (Å²) in [6.07, 6.45) is 5.67. The molecule has 0 radical (unpaired) electrons. The molecule has 164 valence electrons. The monoisotopic (exact) mass is 438 g/mol. The predicted octanol–water partition coefficient (Wildman–Crippen LogP) is 4.66. The molecule has 1 saturated heterocycles. The molecule has 0 amide bonds. The summed E-state index contributed by atoms with van der Waals surface area (Å²) in [7, 11) is -3.47. The van der Waals surface area contributed by atoms with E-state index in [-0.39, 0.29) is 6.04 Å². The minimum Gasteiger partial charge on any atom is -0.379 e. The van der Waals surface area contributed by atoms with Crippen LogP contribution in [0.3, 0.4) is 0 Å². The third-order valence-electron chi connectivity index (χ3n) is 6.90. The van der Waals surface area contributed by atoms with Crippen molar-refractivity contribution < 1.29 is 13.2 Å². The average Bonchev–Trinajstić information content (AvgIpc) is 3.29. The Morgan fingerprint density at radius 3 is 2.52 bits per heavy atom. The highest BCUT2D eigenvalue weighted by Crippen LogP contribution is 2.50. The molecular formula is C25H30N2O3S. The van der Waals surface area contributed by atoms with Crippen molar-refractivity contribution in [1.29, 1.82) is 0 Å². The Kier molecular flexibility index (Phi) is 5.40. The molecule has 5 rings (SSSR count). The Bertz CT molecular complexity index is 1090. The largest absolute Gasteiger partial charge is 0.379 e. The Morgan fingerprint density at radius 2 is 1.81 bits per heavy atom. The molecular weight excluding hydrogens is 408 g/mol. The number of sulfonamides is 1. The van der Waals surface area contributed by atoms with Crippen molar-refractivity contribution >= 4 is 15.7 Å². The van der Waals surface area contributed by atoms with Crippen LogP contribution in [-0.4, -0.2) is 39.0 Å². The van der Waals surface area contributed by atoms with Crippen molar-refractivity contribution in [3.63, 3.8) is 0 Å². The van der Waals surface area contributed by atoms with Gasteiger partial charge in [-0.05, 0) is 53.1 Å². The minimum absolute atomic E-state index is 0.164. The van der Waals surface area contributed by atoms with Gasteiger partial charge < -0.3 is 10.1 Å². The summed E-state index contributed by atoms with van der Waals surface area (Å²) in [4.78, 5) is 0.358. The molecule has 3 unspecified atom stereocenters. The first-order chi connectivity index (χ1) is 14.9. The molecule has 3 aliphatic rings. The van der Waals surface area contributed by atoms with Crippen molar-refractivity contribution in [2.24, 2.45) is 5.92 Å². The van der Waals surface area contributed by atoms with Crippen molar-refractivity contribution in [3.05, 3.63) is 71.3 Å². The number of allylic oxidation sites excluding steroid dienone is 2. The van der Waals surface area contributed by atoms with Crippen molar-refractivity contribution in [2.75, 3.05) is 31.6 Å². The predicted molar refractivity (Wildman–Crippen MR) is 123 cm³/mol. The van der Waals surface area contributed by atoms with Crippen molar-refractivity contribution in [2.45, 2.75) is 43.0 Å². The fraction of sp³-hybridized carbons (Fsp3) is 0.440. The maximum Gasteiger partial charge on any atom is 0.243 e. The van der Waals surface area contributed by atoms with Crippen LogP contribution in [-0.2, 0) is 14.8 Å². The molecule has 2 aromatic carbocycles. The molecule has 1 aliphatic carbocycles. The maximum absolute atomic E-state index is 13.0. The van der Waals surface area contributed by atoms with E-state index in [1.54, 1.807) is 12.1 Å². The summed E-state index contributed by atoms with van der Waals surface area (Å²) in [5.74, 6) is 1.35. The van der Waals surface area contributed by atoms with Crippen LogP contribution in [0.5, 0.6) is 0 Å². The number of hydrogen-bond donors (Lipinski definition) is 1. The summed E-state index contributed by atoms with van der Waals surface area (Å²) >= 11 is 0. The number of anilines is 1. The Morgan fingerprint density at radius 1 is 1.06 bits per heavy atom. The number of nitrogens with one attached hydrogen (secondary N) is 1. The zero-order chi connectivity index (χ0) is 21.6. The first-order valence-corrected chi connectivity index (χ1v) is 12.6. The highest BCUT2D eigenvalue weighted by atomic mass is 32.2. The molecule has 2 aromatic rings. The zero-order valence-corrected chi connectivity index (χ0v) is 18.9. The molecule has 0 bridgehead atoms. The molecule has 1 N–H and O–H groups in total. The average molecular weight is 439 g/mol. The normalized spacial score (nSPS) is 25.8. The van der Waals surface area contributed by atoms with Crippen molar-refractivity contribution in [1.82, 2.24) is 4.31 Å². The second-order valence-corrected chi connectivity index (χ2v) is 11.0. The lowest BCUT2D eigenvalue weighted by molar-refractivity contribution is 0.0730. The Balaban J connectivity index is 1.43. The minimum atomic E-state index is -3.47. The van der Waals surface area contributed by atoms with E-state index in [4.69, 9.17) is 4.74 Å². The smallest absolute Gasteiger partial charge is 0.243 e. The quantitative estimate of drug-likeness (QED) is 0.706. The second-order valence-electron chi connectivity index (χ2n) is 9.06. The fourth-order valence-electron chi connectivity index (χ4n) is 5.09. The van der Waals surface area contributed by atoms with Crippen LogP contribution < -0.4 is 5.32 Å². The highest BCUT2D eigenvalue weighted by molar-refractivity contribution is 7.89. The molecule has 31 heavy (non-hydrogen) atoms. The SMILES string of the molecule is CC(C)c1ccc2c(c1)C1C=CCC1C(c1ccc(S(=O)(=O)N3CCOCC3)cc1)N2. The summed E-state index contributed by atoms with van der Waals surface area (Å²) in [6, 6.07) is 14.4. The lowest BCUT2D eigenvalue weighted by Gasteiger charge is -2.38. The molecule has 2 aliphatic heterocycles. The van der Waals surface area contributed by atoms with Gasteiger partial charge in [0.25, 0.3) is 0 Å². The lowest BCUT2D eigenvalue weighted by Crippen LogP contribution is -2.40. The summed E-state index contributed by atoms with van der Waals surface area (Å²) in [5.41, 5.74) is 5.08. The van der Waals surface area contributed by atoms with Gasteiger partial charge in [0.2, 0.25) is 10.0 Å². The molecule has 0 aromatic heterocycles. The first-order valence-electron chi connectivity index (χ1n) is 11.2. The number of morpholine rings is 1. The summed E-state index contributed by atoms with van der Waals surface area (Å²) in [5, 5.41) is 3.76. The topological polar surface area (TPSA) is 58.6 Å². The standard InChI is InChI=1S/C25H30N2O3S/c1-17(2)19-8-11-24-23(16-19)21-4-3-5-22(21)25(26-24)18-6-9-20(10-7-18)31(28,29)27-12-14-30-15-13-27/h3-4,6-11,16-17,21-22,25-26H,5,12-15H2,1-2H3. The van der Waals surface area contributed by atoms with E-state index in [1.807, 2.05) is 12.1 Å². The van der Waals surface area contributed by atoms with Crippen LogP contribution in [0.4, 0.5) is 5.69 Å². The molecule has 3 atom stereocenters. The zero-order valence-electron chi connectivity index (χ0n) is 18.1. The highest BCUT2D eigenvalue weighted by Gasteiger charge is 2.38. The van der Waals surface area contributed by atoms with E-state index >= 15 is 0 Å². The van der Waals surface area contributed by atoms with Crippen molar-refractivity contribution in [3.8, 4) is 0 Å². The van der Waals surface area contributed by atoms with Gasteiger partial charge in [-0.15, -0.1) is 0 Å². The number of ether oxygens (including phenoxy) is 1. The van der Waals surface area contributed by atoms with Gasteiger partial charge in [-0.3, -0.25) is 0 Å². The van der Waals surface area contributed by atoms with Gasteiger partial charge in [0.1, 0.15) is 0 Å². The number of fused-ring (bicyclic) bond motifs is 3. The van der Waals surface area contributed by atoms with Crippen LogP contribution >= 0.6 is 0 Å². The van der Waals surface area contributed by atoms with Crippen LogP contribution in [0.1, 0.15) is 54.8 Å². The van der Waals surface area contributed by atoms with Crippen LogP contribution in [0.25, 0.3) is 0 Å². The van der Waals surface area contributed by atoms with Crippen LogP contribution in [0.15, 0.2) is 59.5 Å². The van der Waals surface area contributed by atoms with E-state index in [1.165, 1.54) is 21.1 Å². The first kappa shape index (κ1) is 20.7. The summed E-state index contributed by atoms with van der Waals surface area (Å²) < 4.78 is 32.7. The lowest BCUT2D eigenvalue weighted by atomic mass is 9.76. The molecule has 5 nitrogen and oxygen atoms in total. The van der Waals surface area contributed by atoms with E-state index in [9.17, 15) is 8.42 Å². The van der Waals surface area contributed by atoms with Crippen LogP contribution in [0.2, 0.25) is 0 Å². The maximum atomic E-state index is 13.0. The third-order valence-corrected chi connectivity index (χ3v) is 8.81. The number of hydrogen-bond acceptors (Lipinski definition) is 4. The van der Waals surface area contributed by atoms with Gasteiger partial charge >= 0.3 is 0 Å². The fourth-order valence-corrected chi connectivity index (χ4v) is 6.49. The Labute approximate surface area is 185 Å². The van der Waals surface area contributed by atoms with Gasteiger partial charge in [-0.25, -0.2) is 8.42 Å².